The Balaban J connectivity index is 3.44. The van der Waals surface area contributed by atoms with Gasteiger partial charge in [-0.1, -0.05) is 48.8 Å². The van der Waals surface area contributed by atoms with Crippen LogP contribution in [0.3, 0.4) is 0 Å². The lowest BCUT2D eigenvalue weighted by atomic mass is 9.50. The van der Waals surface area contributed by atoms with Gasteiger partial charge in [0, 0.05) is 11.3 Å². The Bertz CT molecular complexity index is 129. The minimum Gasteiger partial charge on any atom is -0.213 e. The summed E-state index contributed by atoms with van der Waals surface area (Å²) in [5.41, 5.74) is 0. The molecule has 0 aliphatic rings. The molecule has 0 N–H and O–H groups in total. The van der Waals surface area contributed by atoms with E-state index >= 15 is 0 Å². The van der Waals surface area contributed by atoms with Crippen LogP contribution in [0.5, 0.6) is 0 Å². The normalized spacial score (nSPS) is 12.2. The standard InChI is InChI=1S/C8H15BBrN/c1-3-8(6-10)4-5-9(2)7-11/h8H,3-6H2,1-2H3. The Kier molecular flexibility index (Phi) is 6.75. The molecule has 0 spiro atoms. The van der Waals surface area contributed by atoms with Crippen LogP contribution in [0.15, 0.2) is 0 Å². The van der Waals surface area contributed by atoms with E-state index in [2.05, 4.69) is 28.8 Å². The first-order valence-corrected chi connectivity index (χ1v) is 5.32. The van der Waals surface area contributed by atoms with Gasteiger partial charge in [-0.15, -0.1) is 0 Å². The third kappa shape index (κ3) is 5.32. The van der Waals surface area contributed by atoms with Crippen LogP contribution in [0, 0.1) is 17.1 Å². The quantitative estimate of drug-likeness (QED) is 0.511. The third-order valence-corrected chi connectivity index (χ3v) is 2.94. The number of nitriles is 1. The monoisotopic (exact) mass is 215 g/mol. The van der Waals surface area contributed by atoms with E-state index in [0.29, 0.717) is 0 Å². The van der Waals surface area contributed by atoms with Gasteiger partial charge in [0.15, 0.2) is 0 Å². The Morgan fingerprint density at radius 3 is 2.64 bits per heavy atom. The van der Waals surface area contributed by atoms with E-state index in [1.165, 1.54) is 12.8 Å². The summed E-state index contributed by atoms with van der Waals surface area (Å²) in [6.07, 6.45) is 3.43. The molecule has 0 fully saturated rings. The largest absolute Gasteiger partial charge is 0.264 e. The van der Waals surface area contributed by atoms with Crippen molar-refractivity contribution in [1.82, 2.24) is 0 Å². The Labute approximate surface area is 78.4 Å². The van der Waals surface area contributed by atoms with Gasteiger partial charge < -0.3 is 0 Å². The summed E-state index contributed by atoms with van der Waals surface area (Å²) >= 11 is 3.47. The lowest BCUT2D eigenvalue weighted by Crippen LogP contribution is -2.08. The molecule has 0 aromatic heterocycles. The van der Waals surface area contributed by atoms with Gasteiger partial charge in [0.25, 0.3) is 6.71 Å². The van der Waals surface area contributed by atoms with Gasteiger partial charge in [0.2, 0.25) is 0 Å². The molecule has 0 saturated carbocycles. The first-order chi connectivity index (χ1) is 5.24. The Hall–Kier alpha value is 0.0349. The van der Waals surface area contributed by atoms with E-state index in [0.717, 1.165) is 17.6 Å². The van der Waals surface area contributed by atoms with Crippen LogP contribution in [-0.4, -0.2) is 12.0 Å². The van der Waals surface area contributed by atoms with E-state index < -0.39 is 0 Å². The lowest BCUT2D eigenvalue weighted by Gasteiger charge is -2.09. The molecule has 0 saturated heterocycles. The lowest BCUT2D eigenvalue weighted by molar-refractivity contribution is 0.555. The molecule has 0 aromatic rings. The molecule has 0 aromatic carbocycles. The summed E-state index contributed by atoms with van der Waals surface area (Å²) in [5, 5.41) is 9.60. The molecule has 0 bridgehead atoms. The summed E-state index contributed by atoms with van der Waals surface area (Å²) in [7, 11) is 0. The maximum Gasteiger partial charge on any atom is 0.264 e. The highest BCUT2D eigenvalue weighted by Gasteiger charge is 2.09. The van der Waals surface area contributed by atoms with Crippen molar-refractivity contribution in [3.05, 3.63) is 0 Å². The summed E-state index contributed by atoms with van der Waals surface area (Å²) in [6.45, 7) is 4.41. The van der Waals surface area contributed by atoms with Crippen LogP contribution in [0.2, 0.25) is 13.1 Å². The van der Waals surface area contributed by atoms with E-state index in [1.807, 2.05) is 6.82 Å². The zero-order valence-corrected chi connectivity index (χ0v) is 8.89. The molecule has 0 heterocycles. The highest BCUT2D eigenvalue weighted by atomic mass is 79.9. The van der Waals surface area contributed by atoms with Crippen molar-refractivity contribution < 1.29 is 0 Å². The summed E-state index contributed by atoms with van der Waals surface area (Å²) in [4.78, 5) is 0. The van der Waals surface area contributed by atoms with Gasteiger partial charge in [-0.05, 0) is 5.92 Å². The Morgan fingerprint density at radius 2 is 2.27 bits per heavy atom. The van der Waals surface area contributed by atoms with Crippen LogP contribution in [0.25, 0.3) is 0 Å². The molecule has 11 heavy (non-hydrogen) atoms. The first kappa shape index (κ1) is 11.0. The average Bonchev–Trinajstić information content (AvgIpc) is 2.06. The van der Waals surface area contributed by atoms with E-state index in [9.17, 15) is 0 Å². The molecule has 3 heteroatoms. The summed E-state index contributed by atoms with van der Waals surface area (Å²) in [6, 6.07) is 0. The molecule has 0 aliphatic heterocycles. The highest BCUT2D eigenvalue weighted by molar-refractivity contribution is 9.09. The number of halogens is 1. The first-order valence-electron chi connectivity index (χ1n) is 4.20. The van der Waals surface area contributed by atoms with E-state index in [4.69, 9.17) is 5.26 Å². The molecule has 62 valence electrons. The molecule has 1 unspecified atom stereocenters. The fraction of sp³-hybridized carbons (Fsp3) is 0.875. The van der Waals surface area contributed by atoms with Crippen molar-refractivity contribution in [3.8, 4) is 5.97 Å². The van der Waals surface area contributed by atoms with Crippen LogP contribution < -0.4 is 0 Å². The predicted molar refractivity (Wildman–Crippen MR) is 54.2 cm³/mol. The van der Waals surface area contributed by atoms with Crippen LogP contribution in [-0.2, 0) is 0 Å². The van der Waals surface area contributed by atoms with Crippen molar-refractivity contribution >= 4 is 22.6 Å². The molecule has 0 radical (unpaired) electrons. The number of nitrogens with zero attached hydrogens (tertiary/aromatic N) is 1. The molecule has 0 rings (SSSR count). The van der Waals surface area contributed by atoms with Crippen LogP contribution in [0.4, 0.5) is 0 Å². The van der Waals surface area contributed by atoms with Crippen molar-refractivity contribution in [2.75, 3.05) is 5.33 Å². The van der Waals surface area contributed by atoms with Gasteiger partial charge in [-0.25, -0.2) is 5.26 Å². The minimum absolute atomic E-state index is 0.225. The van der Waals surface area contributed by atoms with Gasteiger partial charge in [0.1, 0.15) is 0 Å². The van der Waals surface area contributed by atoms with Gasteiger partial charge in [0.05, 0.1) is 0 Å². The van der Waals surface area contributed by atoms with Crippen LogP contribution in [0.1, 0.15) is 19.8 Å². The molecular weight excluding hydrogens is 201 g/mol. The maximum absolute atomic E-state index is 8.53. The van der Waals surface area contributed by atoms with Crippen molar-refractivity contribution in [3.63, 3.8) is 0 Å². The van der Waals surface area contributed by atoms with Gasteiger partial charge >= 0.3 is 0 Å². The zero-order valence-electron chi connectivity index (χ0n) is 7.31. The SMILES string of the molecule is CCC(CBr)CCB(C)C#N. The predicted octanol–water partition coefficient (Wildman–Crippen LogP) is 2.98. The maximum atomic E-state index is 8.53. The molecule has 1 atom stereocenters. The second kappa shape index (κ2) is 6.73. The minimum atomic E-state index is 0.225. The smallest absolute Gasteiger partial charge is 0.213 e. The summed E-state index contributed by atoms with van der Waals surface area (Å²) in [5.74, 6) is 3.01. The number of hydrogen-bond donors (Lipinski definition) is 0. The van der Waals surface area contributed by atoms with Crippen molar-refractivity contribution in [1.29, 1.82) is 5.26 Å². The fourth-order valence-electron chi connectivity index (χ4n) is 0.941. The number of rotatable bonds is 5. The topological polar surface area (TPSA) is 23.8 Å². The molecular formula is C8H15BBrN. The summed E-state index contributed by atoms with van der Waals surface area (Å²) < 4.78 is 0. The van der Waals surface area contributed by atoms with Gasteiger partial charge in [-0.3, -0.25) is 0 Å². The molecule has 0 aliphatic carbocycles. The van der Waals surface area contributed by atoms with Gasteiger partial charge in [-0.2, -0.15) is 0 Å². The highest BCUT2D eigenvalue weighted by Crippen LogP contribution is 2.15. The average molecular weight is 216 g/mol. The third-order valence-electron chi connectivity index (χ3n) is 2.02. The van der Waals surface area contributed by atoms with Crippen molar-refractivity contribution in [2.45, 2.75) is 32.9 Å². The zero-order chi connectivity index (χ0) is 8.69. The van der Waals surface area contributed by atoms with Crippen LogP contribution >= 0.6 is 15.9 Å². The fourth-order valence-corrected chi connectivity index (χ4v) is 1.72. The molecule has 0 amide bonds. The van der Waals surface area contributed by atoms with E-state index in [-0.39, 0.29) is 6.71 Å². The molecule has 1 nitrogen and oxygen atoms in total. The number of alkyl halides is 1. The second-order valence-electron chi connectivity index (χ2n) is 3.04. The van der Waals surface area contributed by atoms with Crippen molar-refractivity contribution in [2.24, 2.45) is 5.92 Å². The second-order valence-corrected chi connectivity index (χ2v) is 3.68. The number of hydrogen-bond acceptors (Lipinski definition) is 1. The van der Waals surface area contributed by atoms with E-state index in [1.54, 1.807) is 0 Å². The Morgan fingerprint density at radius 1 is 1.64 bits per heavy atom.